The minimum absolute atomic E-state index is 1.03. The molecular weight excluding hydrogens is 348 g/mol. The van der Waals surface area contributed by atoms with Gasteiger partial charge in [0, 0.05) is 0 Å². The number of hydrogen-bond acceptors (Lipinski definition) is 0. The Balaban J connectivity index is 1.67. The Bertz CT molecular complexity index is 320. The first-order valence-corrected chi connectivity index (χ1v) is 14.3. The first-order chi connectivity index (χ1) is 14.3. The SMILES string of the molecule is CCCCCCCCCCCCCCCCCCCCCCC1C(C)CC1CC. The fourth-order valence-corrected chi connectivity index (χ4v) is 5.72. The number of hydrogen-bond donors (Lipinski definition) is 0. The van der Waals surface area contributed by atoms with Crippen LogP contribution in [0, 0.1) is 17.8 Å². The standard InChI is InChI=1S/C29H58/c1-4-6-7-8-9-10-11-12-13-14-15-16-17-18-19-20-21-22-23-24-25-29-27(3)26-28(29)5-2/h27-29H,4-26H2,1-3H3. The lowest BCUT2D eigenvalue weighted by atomic mass is 9.63. The van der Waals surface area contributed by atoms with Crippen LogP contribution < -0.4 is 0 Å². The lowest BCUT2D eigenvalue weighted by Gasteiger charge is -2.43. The third-order valence-corrected chi connectivity index (χ3v) is 7.93. The molecule has 0 aromatic carbocycles. The van der Waals surface area contributed by atoms with Gasteiger partial charge in [-0.15, -0.1) is 0 Å². The van der Waals surface area contributed by atoms with E-state index in [-0.39, 0.29) is 0 Å². The van der Waals surface area contributed by atoms with Gasteiger partial charge in [-0.2, -0.15) is 0 Å². The van der Waals surface area contributed by atoms with Crippen LogP contribution in [-0.2, 0) is 0 Å². The molecule has 1 rings (SSSR count). The molecule has 1 aliphatic carbocycles. The van der Waals surface area contributed by atoms with Gasteiger partial charge in [-0.25, -0.2) is 0 Å². The first-order valence-electron chi connectivity index (χ1n) is 14.3. The third-order valence-electron chi connectivity index (χ3n) is 7.93. The third kappa shape index (κ3) is 14.6. The second kappa shape index (κ2) is 19.9. The smallest absolute Gasteiger partial charge is 0.0360 e. The van der Waals surface area contributed by atoms with Crippen LogP contribution in [0.4, 0.5) is 0 Å². The van der Waals surface area contributed by atoms with Crippen LogP contribution >= 0.6 is 0 Å². The summed E-state index contributed by atoms with van der Waals surface area (Å²) >= 11 is 0. The van der Waals surface area contributed by atoms with E-state index in [1.807, 2.05) is 0 Å². The molecule has 0 radical (unpaired) electrons. The van der Waals surface area contributed by atoms with Crippen molar-refractivity contribution in [2.45, 2.75) is 168 Å². The number of unbranched alkanes of at least 4 members (excludes halogenated alkanes) is 19. The highest BCUT2D eigenvalue weighted by Crippen LogP contribution is 2.44. The maximum absolute atomic E-state index is 2.48. The molecule has 29 heavy (non-hydrogen) atoms. The predicted molar refractivity (Wildman–Crippen MR) is 134 cm³/mol. The molecular formula is C29H58. The molecule has 1 fully saturated rings. The molecule has 1 aliphatic rings. The van der Waals surface area contributed by atoms with Crippen molar-refractivity contribution in [3.8, 4) is 0 Å². The molecule has 0 amide bonds. The molecule has 0 aromatic heterocycles. The summed E-state index contributed by atoms with van der Waals surface area (Å²) in [5.74, 6) is 3.18. The Morgan fingerprint density at radius 1 is 0.483 bits per heavy atom. The normalized spacial score (nSPS) is 21.4. The van der Waals surface area contributed by atoms with E-state index in [0.717, 1.165) is 17.8 Å². The van der Waals surface area contributed by atoms with E-state index < -0.39 is 0 Å². The van der Waals surface area contributed by atoms with Crippen molar-refractivity contribution in [1.29, 1.82) is 0 Å². The molecule has 0 N–H and O–H groups in total. The van der Waals surface area contributed by atoms with Gasteiger partial charge in [0.25, 0.3) is 0 Å². The lowest BCUT2D eigenvalue weighted by Crippen LogP contribution is -2.34. The van der Waals surface area contributed by atoms with E-state index in [9.17, 15) is 0 Å². The van der Waals surface area contributed by atoms with Gasteiger partial charge in [-0.3, -0.25) is 0 Å². The largest absolute Gasteiger partial charge is 0.0654 e. The van der Waals surface area contributed by atoms with Crippen LogP contribution in [0.3, 0.4) is 0 Å². The summed E-state index contributed by atoms with van der Waals surface area (Å²) in [5, 5.41) is 0. The topological polar surface area (TPSA) is 0 Å². The summed E-state index contributed by atoms with van der Waals surface area (Å²) in [6, 6.07) is 0. The van der Waals surface area contributed by atoms with E-state index >= 15 is 0 Å². The van der Waals surface area contributed by atoms with E-state index in [0.29, 0.717) is 0 Å². The van der Waals surface area contributed by atoms with Crippen LogP contribution in [0.1, 0.15) is 168 Å². The minimum Gasteiger partial charge on any atom is -0.0654 e. The van der Waals surface area contributed by atoms with Crippen LogP contribution in [0.15, 0.2) is 0 Å². The summed E-state index contributed by atoms with van der Waals surface area (Å²) < 4.78 is 0. The predicted octanol–water partition coefficient (Wildman–Crippen LogP) is 10.9. The zero-order valence-corrected chi connectivity index (χ0v) is 21.0. The highest BCUT2D eigenvalue weighted by molar-refractivity contribution is 4.85. The average Bonchev–Trinajstić information content (AvgIpc) is 2.72. The van der Waals surface area contributed by atoms with Crippen molar-refractivity contribution in [1.82, 2.24) is 0 Å². The molecule has 0 bridgehead atoms. The molecule has 0 aromatic rings. The van der Waals surface area contributed by atoms with E-state index in [1.165, 1.54) is 148 Å². The Morgan fingerprint density at radius 3 is 1.14 bits per heavy atom. The van der Waals surface area contributed by atoms with Gasteiger partial charge < -0.3 is 0 Å². The Labute approximate surface area is 186 Å². The molecule has 0 aliphatic heterocycles. The Hall–Kier alpha value is 0. The molecule has 0 saturated heterocycles. The van der Waals surface area contributed by atoms with E-state index in [2.05, 4.69) is 20.8 Å². The van der Waals surface area contributed by atoms with E-state index in [1.54, 1.807) is 0 Å². The summed E-state index contributed by atoms with van der Waals surface area (Å²) in [4.78, 5) is 0. The molecule has 0 nitrogen and oxygen atoms in total. The van der Waals surface area contributed by atoms with Gasteiger partial charge in [-0.1, -0.05) is 156 Å². The molecule has 3 unspecified atom stereocenters. The second-order valence-corrected chi connectivity index (χ2v) is 10.6. The molecule has 0 spiro atoms. The highest BCUT2D eigenvalue weighted by Gasteiger charge is 2.35. The summed E-state index contributed by atoms with van der Waals surface area (Å²) in [6.45, 7) is 7.17. The van der Waals surface area contributed by atoms with E-state index in [4.69, 9.17) is 0 Å². The molecule has 3 atom stereocenters. The van der Waals surface area contributed by atoms with Crippen LogP contribution in [0.25, 0.3) is 0 Å². The summed E-state index contributed by atoms with van der Waals surface area (Å²) in [7, 11) is 0. The zero-order chi connectivity index (χ0) is 21.0. The van der Waals surface area contributed by atoms with Crippen LogP contribution in [0.5, 0.6) is 0 Å². The fourth-order valence-electron chi connectivity index (χ4n) is 5.72. The van der Waals surface area contributed by atoms with Gasteiger partial charge in [-0.05, 0) is 30.6 Å². The number of rotatable bonds is 22. The molecule has 1 saturated carbocycles. The lowest BCUT2D eigenvalue weighted by molar-refractivity contribution is 0.0713. The van der Waals surface area contributed by atoms with Gasteiger partial charge in [0.15, 0.2) is 0 Å². The van der Waals surface area contributed by atoms with Crippen LogP contribution in [-0.4, -0.2) is 0 Å². The quantitative estimate of drug-likeness (QED) is 0.157. The summed E-state index contributed by atoms with van der Waals surface area (Å²) in [5.41, 5.74) is 0. The van der Waals surface area contributed by atoms with Crippen molar-refractivity contribution < 1.29 is 0 Å². The van der Waals surface area contributed by atoms with Crippen molar-refractivity contribution in [3.05, 3.63) is 0 Å². The average molecular weight is 407 g/mol. The molecule has 0 heteroatoms. The Kier molecular flexibility index (Phi) is 18.6. The van der Waals surface area contributed by atoms with Gasteiger partial charge in [0.2, 0.25) is 0 Å². The van der Waals surface area contributed by atoms with Crippen molar-refractivity contribution in [2.75, 3.05) is 0 Å². The molecule has 0 heterocycles. The second-order valence-electron chi connectivity index (χ2n) is 10.6. The van der Waals surface area contributed by atoms with Crippen LogP contribution in [0.2, 0.25) is 0 Å². The van der Waals surface area contributed by atoms with Crippen molar-refractivity contribution >= 4 is 0 Å². The Morgan fingerprint density at radius 2 is 0.828 bits per heavy atom. The van der Waals surface area contributed by atoms with Gasteiger partial charge in [0.05, 0.1) is 0 Å². The maximum Gasteiger partial charge on any atom is -0.0360 e. The minimum atomic E-state index is 1.03. The monoisotopic (exact) mass is 406 g/mol. The molecule has 174 valence electrons. The fraction of sp³-hybridized carbons (Fsp3) is 1.00. The van der Waals surface area contributed by atoms with Gasteiger partial charge in [0.1, 0.15) is 0 Å². The van der Waals surface area contributed by atoms with Gasteiger partial charge >= 0.3 is 0 Å². The zero-order valence-electron chi connectivity index (χ0n) is 21.0. The van der Waals surface area contributed by atoms with Crippen molar-refractivity contribution in [2.24, 2.45) is 17.8 Å². The first kappa shape index (κ1) is 27.0. The highest BCUT2D eigenvalue weighted by atomic mass is 14.4. The van der Waals surface area contributed by atoms with Crippen molar-refractivity contribution in [3.63, 3.8) is 0 Å². The summed E-state index contributed by atoms with van der Waals surface area (Å²) in [6.07, 6.45) is 34.1. The maximum atomic E-state index is 2.48.